The van der Waals surface area contributed by atoms with Crippen molar-refractivity contribution in [3.8, 4) is 5.75 Å². The molecule has 0 amide bonds. The number of hydrogen-bond donors (Lipinski definition) is 0. The first-order chi connectivity index (χ1) is 11.3. The highest BCUT2D eigenvalue weighted by Crippen LogP contribution is 2.32. The molecule has 1 heterocycles. The molecule has 0 N–H and O–H groups in total. The predicted molar refractivity (Wildman–Crippen MR) is 94.3 cm³/mol. The Balaban J connectivity index is 1.55. The molecular formula is C18H25N3OS. The van der Waals surface area contributed by atoms with Crippen LogP contribution in [0.3, 0.4) is 0 Å². The first-order valence-corrected chi connectivity index (χ1v) is 9.47. The van der Waals surface area contributed by atoms with Gasteiger partial charge in [-0.25, -0.2) is 0 Å². The zero-order valence-corrected chi connectivity index (χ0v) is 14.8. The van der Waals surface area contributed by atoms with E-state index in [0.29, 0.717) is 12.6 Å². The molecule has 5 heteroatoms. The van der Waals surface area contributed by atoms with Crippen molar-refractivity contribution in [2.24, 2.45) is 0 Å². The van der Waals surface area contributed by atoms with Crippen LogP contribution in [0.25, 0.3) is 0 Å². The summed E-state index contributed by atoms with van der Waals surface area (Å²) in [5.74, 6) is 2.90. The maximum Gasteiger partial charge on any atom is 0.191 e. The second-order valence-corrected chi connectivity index (χ2v) is 7.22. The van der Waals surface area contributed by atoms with Gasteiger partial charge in [0.15, 0.2) is 5.16 Å². The zero-order valence-electron chi connectivity index (χ0n) is 14.0. The lowest BCUT2D eigenvalue weighted by Crippen LogP contribution is -2.15. The largest absolute Gasteiger partial charge is 0.492 e. The Kier molecular flexibility index (Phi) is 5.60. The number of para-hydroxylation sites is 1. The van der Waals surface area contributed by atoms with E-state index in [9.17, 15) is 0 Å². The molecule has 0 spiro atoms. The van der Waals surface area contributed by atoms with Gasteiger partial charge in [0.2, 0.25) is 0 Å². The lowest BCUT2D eigenvalue weighted by molar-refractivity contribution is 0.330. The van der Waals surface area contributed by atoms with E-state index in [1.165, 1.54) is 37.7 Å². The molecule has 2 aromatic rings. The third-order valence-corrected chi connectivity index (χ3v) is 5.35. The van der Waals surface area contributed by atoms with Gasteiger partial charge in [-0.3, -0.25) is 0 Å². The van der Waals surface area contributed by atoms with Crippen LogP contribution in [-0.2, 0) is 0 Å². The summed E-state index contributed by atoms with van der Waals surface area (Å²) in [6.07, 6.45) is 6.52. The van der Waals surface area contributed by atoms with E-state index in [1.54, 1.807) is 11.8 Å². The van der Waals surface area contributed by atoms with E-state index in [4.69, 9.17) is 4.74 Å². The lowest BCUT2D eigenvalue weighted by Gasteiger charge is -2.25. The predicted octanol–water partition coefficient (Wildman–Crippen LogP) is 4.57. The summed E-state index contributed by atoms with van der Waals surface area (Å²) in [6.45, 7) is 4.83. The van der Waals surface area contributed by atoms with Gasteiger partial charge >= 0.3 is 0 Å². The summed E-state index contributed by atoms with van der Waals surface area (Å²) in [6, 6.07) is 8.73. The van der Waals surface area contributed by atoms with Crippen molar-refractivity contribution in [1.82, 2.24) is 14.8 Å². The molecule has 0 aliphatic heterocycles. The maximum atomic E-state index is 5.87. The Labute approximate surface area is 142 Å². The maximum absolute atomic E-state index is 5.87. The fraction of sp³-hybridized carbons (Fsp3) is 0.556. The molecule has 1 aliphatic carbocycles. The van der Waals surface area contributed by atoms with E-state index in [-0.39, 0.29) is 0 Å². The Morgan fingerprint density at radius 3 is 2.70 bits per heavy atom. The molecule has 23 heavy (non-hydrogen) atoms. The van der Waals surface area contributed by atoms with Crippen molar-refractivity contribution in [1.29, 1.82) is 0 Å². The van der Waals surface area contributed by atoms with Crippen LogP contribution in [0.1, 0.15) is 49.5 Å². The second kappa shape index (κ2) is 7.86. The third kappa shape index (κ3) is 4.08. The van der Waals surface area contributed by atoms with Gasteiger partial charge in [-0.1, -0.05) is 49.2 Å². The molecule has 0 unspecified atom stereocenters. The molecule has 1 aliphatic rings. The quantitative estimate of drug-likeness (QED) is 0.574. The average Bonchev–Trinajstić information content (AvgIpc) is 2.94. The highest BCUT2D eigenvalue weighted by Gasteiger charge is 2.21. The van der Waals surface area contributed by atoms with Crippen LogP contribution in [0.2, 0.25) is 0 Å². The molecule has 0 saturated heterocycles. The number of nitrogens with zero attached hydrogens (tertiary/aromatic N) is 3. The Hall–Kier alpha value is -1.49. The molecule has 124 valence electrons. The molecule has 0 bridgehead atoms. The summed E-state index contributed by atoms with van der Waals surface area (Å²) < 4.78 is 8.22. The SMILES string of the molecule is Cc1ccccc1OCCSc1nnc(C)n1C1CCCCC1. The summed E-state index contributed by atoms with van der Waals surface area (Å²) in [4.78, 5) is 0. The van der Waals surface area contributed by atoms with E-state index in [0.717, 1.165) is 22.5 Å². The zero-order chi connectivity index (χ0) is 16.1. The van der Waals surface area contributed by atoms with Crippen molar-refractivity contribution < 1.29 is 4.74 Å². The lowest BCUT2D eigenvalue weighted by atomic mass is 9.95. The van der Waals surface area contributed by atoms with Crippen LogP contribution in [0.4, 0.5) is 0 Å². The first-order valence-electron chi connectivity index (χ1n) is 8.48. The fourth-order valence-corrected chi connectivity index (χ4v) is 4.08. The molecule has 0 radical (unpaired) electrons. The van der Waals surface area contributed by atoms with Crippen LogP contribution in [0.15, 0.2) is 29.4 Å². The smallest absolute Gasteiger partial charge is 0.191 e. The van der Waals surface area contributed by atoms with Crippen LogP contribution in [0, 0.1) is 13.8 Å². The summed E-state index contributed by atoms with van der Waals surface area (Å²) in [5, 5.41) is 9.71. The summed E-state index contributed by atoms with van der Waals surface area (Å²) >= 11 is 1.75. The minimum absolute atomic E-state index is 0.582. The van der Waals surface area contributed by atoms with Gasteiger partial charge in [0.05, 0.1) is 6.61 Å². The van der Waals surface area contributed by atoms with Crippen molar-refractivity contribution in [2.75, 3.05) is 12.4 Å². The molecule has 1 saturated carbocycles. The van der Waals surface area contributed by atoms with Crippen molar-refractivity contribution in [2.45, 2.75) is 57.1 Å². The minimum atomic E-state index is 0.582. The van der Waals surface area contributed by atoms with Gasteiger partial charge in [0.25, 0.3) is 0 Å². The minimum Gasteiger partial charge on any atom is -0.492 e. The van der Waals surface area contributed by atoms with Gasteiger partial charge in [0, 0.05) is 11.8 Å². The third-order valence-electron chi connectivity index (χ3n) is 4.44. The monoisotopic (exact) mass is 331 g/mol. The highest BCUT2D eigenvalue weighted by molar-refractivity contribution is 7.99. The van der Waals surface area contributed by atoms with Crippen LogP contribution in [-0.4, -0.2) is 27.1 Å². The van der Waals surface area contributed by atoms with Crippen LogP contribution >= 0.6 is 11.8 Å². The topological polar surface area (TPSA) is 39.9 Å². The number of ether oxygens (including phenoxy) is 1. The summed E-state index contributed by atoms with van der Waals surface area (Å²) in [5.41, 5.74) is 1.18. The molecule has 1 fully saturated rings. The number of benzene rings is 1. The van der Waals surface area contributed by atoms with E-state index in [2.05, 4.69) is 34.7 Å². The Bertz CT molecular complexity index is 635. The van der Waals surface area contributed by atoms with Gasteiger partial charge < -0.3 is 9.30 Å². The standard InChI is InChI=1S/C18H25N3OS/c1-14-8-6-7-11-17(14)22-12-13-23-18-20-19-15(2)21(18)16-9-4-3-5-10-16/h6-8,11,16H,3-5,9-10,12-13H2,1-2H3. The fourth-order valence-electron chi connectivity index (χ4n) is 3.21. The Morgan fingerprint density at radius 2 is 1.91 bits per heavy atom. The molecule has 4 nitrogen and oxygen atoms in total. The van der Waals surface area contributed by atoms with Crippen LogP contribution in [0.5, 0.6) is 5.75 Å². The molecule has 1 aromatic heterocycles. The van der Waals surface area contributed by atoms with Gasteiger partial charge in [0.1, 0.15) is 11.6 Å². The average molecular weight is 331 g/mol. The number of thioether (sulfide) groups is 1. The van der Waals surface area contributed by atoms with E-state index in [1.807, 2.05) is 18.2 Å². The number of aryl methyl sites for hydroxylation is 2. The molecule has 3 rings (SSSR count). The van der Waals surface area contributed by atoms with Crippen molar-refractivity contribution in [3.63, 3.8) is 0 Å². The number of rotatable bonds is 6. The number of hydrogen-bond acceptors (Lipinski definition) is 4. The van der Waals surface area contributed by atoms with Gasteiger partial charge in [-0.05, 0) is 38.3 Å². The Morgan fingerprint density at radius 1 is 1.13 bits per heavy atom. The second-order valence-electron chi connectivity index (χ2n) is 6.15. The first kappa shape index (κ1) is 16.4. The van der Waals surface area contributed by atoms with E-state index < -0.39 is 0 Å². The molecule has 0 atom stereocenters. The highest BCUT2D eigenvalue weighted by atomic mass is 32.2. The van der Waals surface area contributed by atoms with Crippen molar-refractivity contribution in [3.05, 3.63) is 35.7 Å². The summed E-state index contributed by atoms with van der Waals surface area (Å²) in [7, 11) is 0. The van der Waals surface area contributed by atoms with E-state index >= 15 is 0 Å². The van der Waals surface area contributed by atoms with Crippen molar-refractivity contribution >= 4 is 11.8 Å². The normalized spacial score (nSPS) is 15.7. The molecule has 1 aromatic carbocycles. The van der Waals surface area contributed by atoms with Gasteiger partial charge in [-0.2, -0.15) is 0 Å². The molecular weight excluding hydrogens is 306 g/mol. The van der Waals surface area contributed by atoms with Crippen LogP contribution < -0.4 is 4.74 Å². The van der Waals surface area contributed by atoms with Gasteiger partial charge in [-0.15, -0.1) is 10.2 Å². The number of aromatic nitrogens is 3.